The molecule has 0 spiro atoms. The van der Waals surface area contributed by atoms with Crippen LogP contribution in [-0.2, 0) is 0 Å². The number of aryl methyl sites for hydroxylation is 1. The lowest BCUT2D eigenvalue weighted by Gasteiger charge is -2.09. The lowest BCUT2D eigenvalue weighted by Crippen LogP contribution is -2.18. The van der Waals surface area contributed by atoms with Crippen LogP contribution in [0.5, 0.6) is 0 Å². The number of aromatic amines is 1. The largest absolute Gasteiger partial charge is 0.399 e. The highest BCUT2D eigenvalue weighted by atomic mass is 16.1. The number of hydrogen-bond donors (Lipinski definition) is 2. The Bertz CT molecular complexity index is 844. The number of nitrogens with one attached hydrogen (secondary N) is 1. The van der Waals surface area contributed by atoms with E-state index in [1.807, 2.05) is 48.0 Å². The number of pyridine rings is 1. The van der Waals surface area contributed by atoms with Gasteiger partial charge in [-0.3, -0.25) is 4.79 Å². The zero-order valence-corrected chi connectivity index (χ0v) is 13.2. The molecule has 0 fully saturated rings. The van der Waals surface area contributed by atoms with Crippen molar-refractivity contribution >= 4 is 5.69 Å². The molecule has 114 valence electrons. The van der Waals surface area contributed by atoms with Crippen LogP contribution < -0.4 is 11.3 Å². The minimum atomic E-state index is 0.0808. The highest BCUT2D eigenvalue weighted by Gasteiger charge is 2.19. The highest BCUT2D eigenvalue weighted by molar-refractivity contribution is 5.75. The average Bonchev–Trinajstić information content (AvgIpc) is 2.84. The Labute approximate surface area is 129 Å². The van der Waals surface area contributed by atoms with Crippen LogP contribution in [0.25, 0.3) is 22.4 Å². The molecule has 4 nitrogen and oxygen atoms in total. The number of benzene rings is 1. The molecular formula is C18H21N3O. The van der Waals surface area contributed by atoms with E-state index >= 15 is 0 Å². The van der Waals surface area contributed by atoms with Crippen molar-refractivity contribution in [2.24, 2.45) is 0 Å². The third-order valence-electron chi connectivity index (χ3n) is 4.28. The van der Waals surface area contributed by atoms with Gasteiger partial charge in [-0.15, -0.1) is 0 Å². The summed E-state index contributed by atoms with van der Waals surface area (Å²) >= 11 is 0. The van der Waals surface area contributed by atoms with Crippen LogP contribution in [0.15, 0.2) is 41.3 Å². The molecule has 4 heteroatoms. The predicted molar refractivity (Wildman–Crippen MR) is 91.3 cm³/mol. The van der Waals surface area contributed by atoms with Gasteiger partial charge in [-0.05, 0) is 44.0 Å². The van der Waals surface area contributed by atoms with E-state index < -0.39 is 0 Å². The maximum atomic E-state index is 12.6. The Morgan fingerprint density at radius 1 is 1.27 bits per heavy atom. The van der Waals surface area contributed by atoms with Crippen molar-refractivity contribution in [2.45, 2.75) is 33.2 Å². The summed E-state index contributed by atoms with van der Waals surface area (Å²) in [5.74, 6) is 0. The second kappa shape index (κ2) is 5.37. The van der Waals surface area contributed by atoms with Crippen molar-refractivity contribution in [1.29, 1.82) is 0 Å². The number of nitrogens with zero attached hydrogens (tertiary/aromatic N) is 1. The quantitative estimate of drug-likeness (QED) is 0.722. The fourth-order valence-electron chi connectivity index (χ4n) is 2.85. The molecule has 3 rings (SSSR count). The van der Waals surface area contributed by atoms with Crippen LogP contribution in [0.2, 0.25) is 0 Å². The fourth-order valence-corrected chi connectivity index (χ4v) is 2.85. The summed E-state index contributed by atoms with van der Waals surface area (Å²) < 4.78 is 1.83. The first kappa shape index (κ1) is 14.4. The molecule has 2 heterocycles. The number of nitrogen functional groups attached to an aromatic ring is 1. The topological polar surface area (TPSA) is 63.8 Å². The van der Waals surface area contributed by atoms with Gasteiger partial charge in [0.2, 0.25) is 0 Å². The van der Waals surface area contributed by atoms with Crippen molar-refractivity contribution in [2.75, 3.05) is 5.73 Å². The van der Waals surface area contributed by atoms with Gasteiger partial charge in [0.1, 0.15) is 0 Å². The molecule has 0 aromatic heterocycles. The predicted octanol–water partition coefficient (Wildman–Crippen LogP) is 3.81. The third-order valence-corrected chi connectivity index (χ3v) is 4.28. The first-order chi connectivity index (χ1) is 10.5. The summed E-state index contributed by atoms with van der Waals surface area (Å²) in [6.45, 7) is 6.10. The maximum Gasteiger partial charge on any atom is 0.260 e. The lowest BCUT2D eigenvalue weighted by atomic mass is 10.0. The monoisotopic (exact) mass is 295 g/mol. The minimum absolute atomic E-state index is 0.0808. The van der Waals surface area contributed by atoms with Crippen molar-refractivity contribution in [3.8, 4) is 22.4 Å². The number of aromatic nitrogens is 2. The molecule has 1 aromatic rings. The molecular weight excluding hydrogens is 274 g/mol. The van der Waals surface area contributed by atoms with Gasteiger partial charge in [-0.1, -0.05) is 19.1 Å². The van der Waals surface area contributed by atoms with Gasteiger partial charge >= 0.3 is 0 Å². The summed E-state index contributed by atoms with van der Waals surface area (Å²) in [6.07, 6.45) is 2.89. The normalized spacial score (nSPS) is 12.7. The molecule has 2 aliphatic rings. The standard InChI is InChI=1S/C18H21N3O/c1-4-11(2)21-10-14-9-16(13-6-5-7-15(19)8-13)20-12(3)17(14)18(21)22/h5-11,20H,4,19H2,1-3H3. The van der Waals surface area contributed by atoms with E-state index in [1.54, 1.807) is 0 Å². The third kappa shape index (κ3) is 2.30. The van der Waals surface area contributed by atoms with Crippen molar-refractivity contribution in [3.05, 3.63) is 52.6 Å². The molecule has 0 saturated heterocycles. The molecule has 22 heavy (non-hydrogen) atoms. The summed E-state index contributed by atoms with van der Waals surface area (Å²) in [6, 6.07) is 9.97. The van der Waals surface area contributed by atoms with E-state index in [0.717, 1.165) is 40.2 Å². The smallest absolute Gasteiger partial charge is 0.260 e. The van der Waals surface area contributed by atoms with Crippen LogP contribution in [0.3, 0.4) is 0 Å². The first-order valence-corrected chi connectivity index (χ1v) is 7.61. The summed E-state index contributed by atoms with van der Waals surface area (Å²) in [7, 11) is 0. The van der Waals surface area contributed by atoms with E-state index in [-0.39, 0.29) is 11.6 Å². The van der Waals surface area contributed by atoms with Crippen molar-refractivity contribution < 1.29 is 0 Å². The number of rotatable bonds is 3. The Morgan fingerprint density at radius 2 is 2.05 bits per heavy atom. The molecule has 2 aliphatic heterocycles. The summed E-state index contributed by atoms with van der Waals surface area (Å²) in [4.78, 5) is 15.9. The van der Waals surface area contributed by atoms with Crippen LogP contribution in [0.4, 0.5) is 5.69 Å². The Hall–Kier alpha value is -2.49. The van der Waals surface area contributed by atoms with E-state index in [2.05, 4.69) is 18.8 Å². The summed E-state index contributed by atoms with van der Waals surface area (Å²) in [5.41, 5.74) is 11.3. The number of hydrogen-bond acceptors (Lipinski definition) is 2. The highest BCUT2D eigenvalue weighted by Crippen LogP contribution is 2.29. The molecule has 0 aliphatic carbocycles. The zero-order valence-electron chi connectivity index (χ0n) is 13.2. The van der Waals surface area contributed by atoms with E-state index in [1.165, 1.54) is 0 Å². The minimum Gasteiger partial charge on any atom is -0.399 e. The van der Waals surface area contributed by atoms with Gasteiger partial charge in [-0.2, -0.15) is 0 Å². The van der Waals surface area contributed by atoms with Gasteiger partial charge in [0.15, 0.2) is 0 Å². The molecule has 3 N–H and O–H groups in total. The fraction of sp³-hybridized carbons (Fsp3) is 0.278. The number of nitrogens with two attached hydrogens (primary N) is 1. The molecule has 1 atom stereocenters. The molecule has 1 unspecified atom stereocenters. The van der Waals surface area contributed by atoms with Gasteiger partial charge in [-0.25, -0.2) is 0 Å². The number of fused-ring (bicyclic) bond motifs is 1. The van der Waals surface area contributed by atoms with E-state index in [4.69, 9.17) is 5.73 Å². The van der Waals surface area contributed by atoms with Gasteiger partial charge in [0.05, 0.1) is 5.56 Å². The van der Waals surface area contributed by atoms with E-state index in [0.29, 0.717) is 0 Å². The van der Waals surface area contributed by atoms with Gasteiger partial charge in [0.25, 0.3) is 5.56 Å². The Kier molecular flexibility index (Phi) is 3.53. The second-order valence-electron chi connectivity index (χ2n) is 5.86. The van der Waals surface area contributed by atoms with E-state index in [9.17, 15) is 4.79 Å². The maximum absolute atomic E-state index is 12.6. The van der Waals surface area contributed by atoms with Gasteiger partial charge < -0.3 is 15.3 Å². The first-order valence-electron chi connectivity index (χ1n) is 7.61. The lowest BCUT2D eigenvalue weighted by molar-refractivity contribution is 0.522. The second-order valence-corrected chi connectivity index (χ2v) is 5.86. The molecule has 1 aromatic carbocycles. The van der Waals surface area contributed by atoms with Crippen LogP contribution in [0, 0.1) is 6.92 Å². The Balaban J connectivity index is 2.21. The number of H-pyrrole nitrogens is 1. The van der Waals surface area contributed by atoms with Crippen LogP contribution >= 0.6 is 0 Å². The van der Waals surface area contributed by atoms with Crippen molar-refractivity contribution in [3.63, 3.8) is 0 Å². The van der Waals surface area contributed by atoms with Gasteiger partial charge in [0, 0.05) is 34.9 Å². The SMILES string of the molecule is CCC(C)n1cc2cc(-c3cccc(N)c3)[nH]c(C)c-2c1=O. The van der Waals surface area contributed by atoms with Crippen molar-refractivity contribution in [1.82, 2.24) is 9.55 Å². The average molecular weight is 295 g/mol. The Morgan fingerprint density at radius 3 is 2.73 bits per heavy atom. The molecule has 0 bridgehead atoms. The van der Waals surface area contributed by atoms with Crippen LogP contribution in [0.1, 0.15) is 32.0 Å². The molecule has 0 amide bonds. The molecule has 0 radical (unpaired) electrons. The number of anilines is 1. The summed E-state index contributed by atoms with van der Waals surface area (Å²) in [5, 5.41) is 0. The van der Waals surface area contributed by atoms with Crippen LogP contribution in [-0.4, -0.2) is 9.55 Å². The zero-order chi connectivity index (χ0) is 15.9. The molecule has 0 saturated carbocycles.